The predicted octanol–water partition coefficient (Wildman–Crippen LogP) is 4.82. The quantitative estimate of drug-likeness (QED) is 0.238. The number of benzene rings is 2. The molecule has 2 aromatic heterocycles. The van der Waals surface area contributed by atoms with Crippen molar-refractivity contribution < 1.29 is 13.3 Å². The lowest BCUT2D eigenvalue weighted by Gasteiger charge is -2.18. The SMILES string of the molecule is CCN(CC)S(=O)(=O)c1ccc(Nc2ncnc(Nc3nc4ccc(C)cc4s3)c2[N+](=O)[O-])cc1. The van der Waals surface area contributed by atoms with Crippen LogP contribution in [0.25, 0.3) is 10.2 Å². The molecule has 11 nitrogen and oxygen atoms in total. The van der Waals surface area contributed by atoms with Gasteiger partial charge >= 0.3 is 5.69 Å². The van der Waals surface area contributed by atoms with Crippen LogP contribution in [-0.2, 0) is 10.0 Å². The van der Waals surface area contributed by atoms with Gasteiger partial charge in [-0.15, -0.1) is 0 Å². The number of anilines is 4. The van der Waals surface area contributed by atoms with Gasteiger partial charge in [-0.05, 0) is 48.9 Å². The van der Waals surface area contributed by atoms with Gasteiger partial charge in [-0.1, -0.05) is 31.3 Å². The van der Waals surface area contributed by atoms with Crippen LogP contribution in [0.3, 0.4) is 0 Å². The van der Waals surface area contributed by atoms with E-state index >= 15 is 0 Å². The molecule has 0 fully saturated rings. The van der Waals surface area contributed by atoms with Gasteiger partial charge in [0.05, 0.1) is 20.0 Å². The second-order valence-corrected chi connectivity index (χ2v) is 10.5. The van der Waals surface area contributed by atoms with Crippen molar-refractivity contribution in [1.82, 2.24) is 19.3 Å². The molecule has 0 unspecified atom stereocenters. The molecule has 0 bridgehead atoms. The minimum atomic E-state index is -3.61. The Balaban J connectivity index is 1.62. The number of nitrogens with zero attached hydrogens (tertiary/aromatic N) is 5. The summed E-state index contributed by atoms with van der Waals surface area (Å²) in [6.07, 6.45) is 1.20. The second-order valence-electron chi connectivity index (χ2n) is 7.53. The number of nitrogens with one attached hydrogen (secondary N) is 2. The Bertz CT molecular complexity index is 1480. The fraction of sp³-hybridized carbons (Fsp3) is 0.227. The highest BCUT2D eigenvalue weighted by molar-refractivity contribution is 7.89. The van der Waals surface area contributed by atoms with Crippen molar-refractivity contribution in [3.05, 3.63) is 64.5 Å². The average molecular weight is 514 g/mol. The summed E-state index contributed by atoms with van der Waals surface area (Å²) in [5.74, 6) is -0.0483. The Morgan fingerprint density at radius 2 is 1.69 bits per heavy atom. The fourth-order valence-corrected chi connectivity index (χ4v) is 5.90. The zero-order valence-corrected chi connectivity index (χ0v) is 20.9. The molecule has 4 rings (SSSR count). The number of thiazole rings is 1. The molecular weight excluding hydrogens is 490 g/mol. The van der Waals surface area contributed by atoms with E-state index < -0.39 is 14.9 Å². The molecule has 0 saturated carbocycles. The Morgan fingerprint density at radius 1 is 1.03 bits per heavy atom. The molecule has 35 heavy (non-hydrogen) atoms. The van der Waals surface area contributed by atoms with Crippen molar-refractivity contribution in [2.45, 2.75) is 25.7 Å². The molecule has 0 saturated heterocycles. The van der Waals surface area contributed by atoms with Crippen molar-refractivity contribution in [3.8, 4) is 0 Å². The van der Waals surface area contributed by atoms with Crippen LogP contribution >= 0.6 is 11.3 Å². The van der Waals surface area contributed by atoms with Crippen molar-refractivity contribution in [2.24, 2.45) is 0 Å². The molecular formula is C22H23N7O4S2. The summed E-state index contributed by atoms with van der Waals surface area (Å²) in [6, 6.07) is 11.8. The van der Waals surface area contributed by atoms with Gasteiger partial charge in [-0.3, -0.25) is 10.1 Å². The number of aryl methyl sites for hydroxylation is 1. The lowest BCUT2D eigenvalue weighted by molar-refractivity contribution is -0.383. The third-order valence-corrected chi connectivity index (χ3v) is 8.23. The van der Waals surface area contributed by atoms with Gasteiger partial charge in [0.25, 0.3) is 0 Å². The zero-order chi connectivity index (χ0) is 25.2. The number of hydrogen-bond donors (Lipinski definition) is 2. The largest absolute Gasteiger partial charge is 0.353 e. The van der Waals surface area contributed by atoms with Crippen LogP contribution in [-0.4, -0.2) is 45.7 Å². The molecule has 0 atom stereocenters. The summed E-state index contributed by atoms with van der Waals surface area (Å²) in [5, 5.41) is 18.2. The molecule has 2 N–H and O–H groups in total. The van der Waals surface area contributed by atoms with Crippen molar-refractivity contribution in [1.29, 1.82) is 0 Å². The molecule has 0 amide bonds. The van der Waals surface area contributed by atoms with E-state index in [2.05, 4.69) is 25.6 Å². The van der Waals surface area contributed by atoms with E-state index in [-0.39, 0.29) is 22.2 Å². The standard InChI is InChI=1S/C22H23N7O4S2/c1-4-28(5-2)35(32,33)16-9-7-15(8-10-16)25-20-19(29(30)31)21(24-13-23-20)27-22-26-17-11-6-14(3)12-18(17)34-22/h6-13H,4-5H2,1-3H3,(H2,23,24,25,26,27). The topological polar surface area (TPSA) is 143 Å². The highest BCUT2D eigenvalue weighted by Gasteiger charge is 2.25. The number of nitro groups is 1. The molecule has 0 aliphatic carbocycles. The van der Waals surface area contributed by atoms with E-state index in [4.69, 9.17) is 0 Å². The summed E-state index contributed by atoms with van der Waals surface area (Å²) in [4.78, 5) is 24.0. The predicted molar refractivity (Wildman–Crippen MR) is 136 cm³/mol. The van der Waals surface area contributed by atoms with Gasteiger partial charge in [0.2, 0.25) is 21.7 Å². The summed E-state index contributed by atoms with van der Waals surface area (Å²) >= 11 is 1.36. The Hall–Kier alpha value is -3.68. The maximum absolute atomic E-state index is 12.7. The normalized spacial score (nSPS) is 11.7. The van der Waals surface area contributed by atoms with Gasteiger partial charge in [0, 0.05) is 18.8 Å². The van der Waals surface area contributed by atoms with Crippen LogP contribution in [0.15, 0.2) is 53.7 Å². The first kappa shape index (κ1) is 24.4. The maximum atomic E-state index is 12.7. The van der Waals surface area contributed by atoms with Crippen LogP contribution in [0.4, 0.5) is 28.1 Å². The van der Waals surface area contributed by atoms with Gasteiger partial charge in [0.1, 0.15) is 6.33 Å². The summed E-state index contributed by atoms with van der Waals surface area (Å²) < 4.78 is 27.7. The van der Waals surface area contributed by atoms with Crippen LogP contribution in [0, 0.1) is 17.0 Å². The third kappa shape index (κ3) is 5.06. The van der Waals surface area contributed by atoms with E-state index in [1.54, 1.807) is 13.8 Å². The Labute approximate surface area is 206 Å². The van der Waals surface area contributed by atoms with Gasteiger partial charge < -0.3 is 10.6 Å². The first-order chi connectivity index (χ1) is 16.7. The molecule has 2 heterocycles. The monoisotopic (exact) mass is 513 g/mol. The molecule has 0 aliphatic heterocycles. The first-order valence-electron chi connectivity index (χ1n) is 10.7. The Morgan fingerprint density at radius 3 is 2.31 bits per heavy atom. The number of rotatable bonds is 9. The number of fused-ring (bicyclic) bond motifs is 1. The minimum Gasteiger partial charge on any atom is -0.334 e. The van der Waals surface area contributed by atoms with Gasteiger partial charge in [-0.25, -0.2) is 23.4 Å². The van der Waals surface area contributed by atoms with E-state index in [1.165, 1.54) is 46.2 Å². The van der Waals surface area contributed by atoms with E-state index in [9.17, 15) is 18.5 Å². The number of hydrogen-bond acceptors (Lipinski definition) is 10. The summed E-state index contributed by atoms with van der Waals surface area (Å²) in [7, 11) is -3.61. The Kier molecular flexibility index (Phi) is 6.91. The third-order valence-electron chi connectivity index (χ3n) is 5.23. The molecule has 0 radical (unpaired) electrons. The lowest BCUT2D eigenvalue weighted by atomic mass is 10.2. The summed E-state index contributed by atoms with van der Waals surface area (Å²) in [6.45, 7) is 6.23. The van der Waals surface area contributed by atoms with Crippen molar-refractivity contribution >= 4 is 59.7 Å². The second kappa shape index (κ2) is 9.90. The molecule has 2 aromatic carbocycles. The molecule has 4 aromatic rings. The highest BCUT2D eigenvalue weighted by Crippen LogP contribution is 2.35. The smallest absolute Gasteiger partial charge is 0.334 e. The molecule has 182 valence electrons. The average Bonchev–Trinajstić information content (AvgIpc) is 3.21. The first-order valence-corrected chi connectivity index (χ1v) is 13.0. The fourth-order valence-electron chi connectivity index (χ4n) is 3.48. The van der Waals surface area contributed by atoms with Crippen LogP contribution in [0.2, 0.25) is 0 Å². The summed E-state index contributed by atoms with van der Waals surface area (Å²) in [5.41, 5.74) is 1.94. The maximum Gasteiger partial charge on any atom is 0.353 e. The van der Waals surface area contributed by atoms with Gasteiger partial charge in [0.15, 0.2) is 5.13 Å². The highest BCUT2D eigenvalue weighted by atomic mass is 32.2. The lowest BCUT2D eigenvalue weighted by Crippen LogP contribution is -2.30. The van der Waals surface area contributed by atoms with Crippen LogP contribution in [0.1, 0.15) is 19.4 Å². The van der Waals surface area contributed by atoms with E-state index in [1.807, 2.05) is 25.1 Å². The molecule has 0 spiro atoms. The molecule has 13 heteroatoms. The minimum absolute atomic E-state index is 0.0102. The number of sulfonamides is 1. The van der Waals surface area contributed by atoms with Crippen LogP contribution < -0.4 is 10.6 Å². The van der Waals surface area contributed by atoms with Gasteiger partial charge in [-0.2, -0.15) is 4.31 Å². The zero-order valence-electron chi connectivity index (χ0n) is 19.2. The van der Waals surface area contributed by atoms with E-state index in [0.717, 1.165) is 15.8 Å². The van der Waals surface area contributed by atoms with Crippen LogP contribution in [0.5, 0.6) is 0 Å². The van der Waals surface area contributed by atoms with Crippen molar-refractivity contribution in [3.63, 3.8) is 0 Å². The number of aromatic nitrogens is 3. The van der Waals surface area contributed by atoms with Crippen molar-refractivity contribution in [2.75, 3.05) is 23.7 Å². The molecule has 0 aliphatic rings. The van der Waals surface area contributed by atoms with E-state index in [0.29, 0.717) is 23.9 Å².